The molecule has 0 aromatic carbocycles. The number of pyridine rings is 1. The molecule has 0 aliphatic rings. The van der Waals surface area contributed by atoms with Crippen molar-refractivity contribution in [1.29, 1.82) is 0 Å². The third kappa shape index (κ3) is 4.27. The Balaban J connectivity index is 0.000000500. The van der Waals surface area contributed by atoms with Crippen LogP contribution in [-0.4, -0.2) is 30.3 Å². The molecular weight excluding hydrogens is 186 g/mol. The van der Waals surface area contributed by atoms with Gasteiger partial charge in [-0.2, -0.15) is 0 Å². The van der Waals surface area contributed by atoms with Crippen molar-refractivity contribution < 1.29 is 14.6 Å². The van der Waals surface area contributed by atoms with Gasteiger partial charge in [-0.05, 0) is 12.1 Å². The van der Waals surface area contributed by atoms with Crippen LogP contribution in [-0.2, 0) is 4.74 Å². The van der Waals surface area contributed by atoms with E-state index in [1.807, 2.05) is 0 Å². The molecular formula is C8H13N3O3. The highest BCUT2D eigenvalue weighted by Crippen LogP contribution is 2.08. The molecule has 78 valence electrons. The minimum atomic E-state index is -1.06. The Labute approximate surface area is 81.5 Å². The molecule has 0 unspecified atom stereocenters. The Morgan fingerprint density at radius 2 is 1.71 bits per heavy atom. The van der Waals surface area contributed by atoms with E-state index in [1.165, 1.54) is 12.1 Å². The molecule has 5 N–H and O–H groups in total. The summed E-state index contributed by atoms with van der Waals surface area (Å²) in [6.07, 6.45) is 0. The van der Waals surface area contributed by atoms with Gasteiger partial charge in [-0.1, -0.05) is 0 Å². The maximum atomic E-state index is 10.4. The van der Waals surface area contributed by atoms with Crippen LogP contribution in [0.2, 0.25) is 0 Å². The number of ether oxygens (including phenoxy) is 1. The predicted molar refractivity (Wildman–Crippen MR) is 53.0 cm³/mol. The van der Waals surface area contributed by atoms with Crippen molar-refractivity contribution >= 4 is 17.6 Å². The summed E-state index contributed by atoms with van der Waals surface area (Å²) in [6, 6.07) is 2.50. The van der Waals surface area contributed by atoms with Gasteiger partial charge in [-0.25, -0.2) is 9.78 Å². The van der Waals surface area contributed by atoms with Gasteiger partial charge in [0, 0.05) is 14.2 Å². The van der Waals surface area contributed by atoms with E-state index in [4.69, 9.17) is 16.6 Å². The Morgan fingerprint density at radius 1 is 1.36 bits per heavy atom. The van der Waals surface area contributed by atoms with E-state index in [1.54, 1.807) is 14.2 Å². The van der Waals surface area contributed by atoms with E-state index in [-0.39, 0.29) is 17.2 Å². The minimum absolute atomic E-state index is 0.0509. The normalized spacial score (nSPS) is 8.71. The summed E-state index contributed by atoms with van der Waals surface area (Å²) in [6.45, 7) is 0. The van der Waals surface area contributed by atoms with Gasteiger partial charge >= 0.3 is 5.97 Å². The van der Waals surface area contributed by atoms with Crippen LogP contribution in [0.15, 0.2) is 12.1 Å². The van der Waals surface area contributed by atoms with Gasteiger partial charge in [0.2, 0.25) is 0 Å². The highest BCUT2D eigenvalue weighted by Gasteiger charge is 2.04. The molecule has 1 aromatic heterocycles. The molecule has 0 aliphatic heterocycles. The summed E-state index contributed by atoms with van der Waals surface area (Å²) >= 11 is 0. The van der Waals surface area contributed by atoms with Crippen LogP contribution < -0.4 is 11.5 Å². The zero-order valence-electron chi connectivity index (χ0n) is 8.02. The summed E-state index contributed by atoms with van der Waals surface area (Å²) in [5, 5.41) is 8.49. The first-order valence-electron chi connectivity index (χ1n) is 3.67. The summed E-state index contributed by atoms with van der Waals surface area (Å²) < 4.78 is 4.25. The second-order valence-corrected chi connectivity index (χ2v) is 2.42. The van der Waals surface area contributed by atoms with Crippen LogP contribution in [0.25, 0.3) is 0 Å². The summed E-state index contributed by atoms with van der Waals surface area (Å²) in [5.41, 5.74) is 10.5. The predicted octanol–water partition coefficient (Wildman–Crippen LogP) is 0.207. The molecule has 1 aromatic rings. The molecule has 6 heteroatoms. The Morgan fingerprint density at radius 3 is 2.00 bits per heavy atom. The molecule has 0 radical (unpaired) electrons. The first kappa shape index (κ1) is 12.2. The number of hydrogen-bond donors (Lipinski definition) is 3. The van der Waals surface area contributed by atoms with Gasteiger partial charge in [0.15, 0.2) is 0 Å². The molecule has 6 nitrogen and oxygen atoms in total. The fourth-order valence-electron chi connectivity index (χ4n) is 0.697. The van der Waals surface area contributed by atoms with Gasteiger partial charge in [0.1, 0.15) is 11.6 Å². The number of aromatic carboxylic acids is 1. The number of rotatable bonds is 1. The zero-order valence-corrected chi connectivity index (χ0v) is 8.02. The molecule has 0 saturated heterocycles. The fourth-order valence-corrected chi connectivity index (χ4v) is 0.697. The lowest BCUT2D eigenvalue weighted by molar-refractivity contribution is 0.0697. The largest absolute Gasteiger partial charge is 0.478 e. The monoisotopic (exact) mass is 199 g/mol. The van der Waals surface area contributed by atoms with Crippen molar-refractivity contribution in [2.45, 2.75) is 0 Å². The first-order valence-corrected chi connectivity index (χ1v) is 3.67. The van der Waals surface area contributed by atoms with E-state index in [9.17, 15) is 4.79 Å². The topological polar surface area (TPSA) is 111 Å². The second-order valence-electron chi connectivity index (χ2n) is 2.42. The van der Waals surface area contributed by atoms with E-state index >= 15 is 0 Å². The lowest BCUT2D eigenvalue weighted by Gasteiger charge is -1.97. The molecule has 0 fully saturated rings. The molecule has 1 heterocycles. The first-order chi connectivity index (χ1) is 6.51. The molecule has 14 heavy (non-hydrogen) atoms. The third-order valence-electron chi connectivity index (χ3n) is 1.11. The standard InChI is InChI=1S/C6H7N3O2.C2H6O/c7-4-1-3(6(10)11)2-5(8)9-4;1-3-2/h1-2H,(H,10,11)(H4,7,8,9);1-2H3. The average molecular weight is 199 g/mol. The highest BCUT2D eigenvalue weighted by molar-refractivity contribution is 5.89. The van der Waals surface area contributed by atoms with Gasteiger partial charge in [-0.15, -0.1) is 0 Å². The number of methoxy groups -OCH3 is 1. The average Bonchev–Trinajstić information content (AvgIpc) is 2.03. The molecule has 1 rings (SSSR count). The van der Waals surface area contributed by atoms with Gasteiger partial charge < -0.3 is 21.3 Å². The number of aromatic nitrogens is 1. The lowest BCUT2D eigenvalue weighted by atomic mass is 10.2. The second kappa shape index (κ2) is 5.76. The summed E-state index contributed by atoms with van der Waals surface area (Å²) in [7, 11) is 3.25. The van der Waals surface area contributed by atoms with Crippen LogP contribution in [0.3, 0.4) is 0 Å². The van der Waals surface area contributed by atoms with Crippen molar-refractivity contribution in [2.75, 3.05) is 25.7 Å². The number of carboxylic acids is 1. The van der Waals surface area contributed by atoms with E-state index in [0.717, 1.165) is 0 Å². The van der Waals surface area contributed by atoms with Gasteiger partial charge in [0.25, 0.3) is 0 Å². The number of carboxylic acid groups (broad SMARTS) is 1. The molecule has 0 spiro atoms. The van der Waals surface area contributed by atoms with Crippen LogP contribution in [0.1, 0.15) is 10.4 Å². The SMILES string of the molecule is COC.Nc1cc(C(=O)O)cc(N)n1. The number of nitrogen functional groups attached to an aromatic ring is 2. The van der Waals surface area contributed by atoms with Crippen molar-refractivity contribution in [3.8, 4) is 0 Å². The van der Waals surface area contributed by atoms with Crippen LogP contribution in [0.5, 0.6) is 0 Å². The van der Waals surface area contributed by atoms with E-state index in [0.29, 0.717) is 0 Å². The van der Waals surface area contributed by atoms with Crippen molar-refractivity contribution in [2.24, 2.45) is 0 Å². The smallest absolute Gasteiger partial charge is 0.335 e. The maximum Gasteiger partial charge on any atom is 0.335 e. The Hall–Kier alpha value is -1.82. The van der Waals surface area contributed by atoms with Crippen LogP contribution >= 0.6 is 0 Å². The molecule has 0 saturated carbocycles. The molecule has 0 aliphatic carbocycles. The number of anilines is 2. The summed E-state index contributed by atoms with van der Waals surface area (Å²) in [4.78, 5) is 14.0. The maximum absolute atomic E-state index is 10.4. The van der Waals surface area contributed by atoms with Gasteiger partial charge in [-0.3, -0.25) is 0 Å². The van der Waals surface area contributed by atoms with Crippen molar-refractivity contribution in [3.63, 3.8) is 0 Å². The lowest BCUT2D eigenvalue weighted by Crippen LogP contribution is -2.02. The quantitative estimate of drug-likeness (QED) is 0.596. The van der Waals surface area contributed by atoms with Crippen molar-refractivity contribution in [1.82, 2.24) is 4.98 Å². The highest BCUT2D eigenvalue weighted by atomic mass is 16.4. The summed E-state index contributed by atoms with van der Waals surface area (Å²) in [5.74, 6) is -0.837. The molecule has 0 amide bonds. The molecule has 0 bridgehead atoms. The number of nitrogens with zero attached hydrogens (tertiary/aromatic N) is 1. The molecule has 0 atom stereocenters. The van der Waals surface area contributed by atoms with Crippen LogP contribution in [0, 0.1) is 0 Å². The van der Waals surface area contributed by atoms with Gasteiger partial charge in [0.05, 0.1) is 5.56 Å². The zero-order chi connectivity index (χ0) is 11.1. The Bertz CT molecular complexity index is 294. The third-order valence-corrected chi connectivity index (χ3v) is 1.11. The number of carbonyl (C=O) groups is 1. The number of nitrogens with two attached hydrogens (primary N) is 2. The number of hydrogen-bond acceptors (Lipinski definition) is 5. The van der Waals surface area contributed by atoms with Crippen molar-refractivity contribution in [3.05, 3.63) is 17.7 Å². The minimum Gasteiger partial charge on any atom is -0.478 e. The van der Waals surface area contributed by atoms with Crippen LogP contribution in [0.4, 0.5) is 11.6 Å². The van der Waals surface area contributed by atoms with E-state index in [2.05, 4.69) is 9.72 Å². The van der Waals surface area contributed by atoms with E-state index < -0.39 is 5.97 Å². The fraction of sp³-hybridized carbons (Fsp3) is 0.250. The Kier molecular flexibility index (Phi) is 5.01.